The van der Waals surface area contributed by atoms with E-state index in [1.165, 1.54) is 19.0 Å². The Labute approximate surface area is 310 Å². The number of nitrogens with one attached hydrogen (secondary N) is 1. The van der Waals surface area contributed by atoms with Crippen molar-refractivity contribution in [3.8, 4) is 6.07 Å². The quantitative estimate of drug-likeness (QED) is 0.0518. The molecule has 4 aromatic rings. The number of aliphatic hydroxyl groups is 2. The van der Waals surface area contributed by atoms with Gasteiger partial charge in [0.05, 0.1) is 57.1 Å². The Hall–Kier alpha value is -3.15. The van der Waals surface area contributed by atoms with Gasteiger partial charge in [-0.2, -0.15) is 5.26 Å². The first kappa shape index (κ1) is 38.6. The summed E-state index contributed by atoms with van der Waals surface area (Å²) in [7, 11) is -2.58. The van der Waals surface area contributed by atoms with Crippen LogP contribution in [-0.2, 0) is 34.5 Å². The minimum Gasteiger partial charge on any atom is -0.513 e. The third-order valence-corrected chi connectivity index (χ3v) is 17.1. The number of aliphatic hydroxyl groups excluding tert-OH is 2. The van der Waals surface area contributed by atoms with Crippen LogP contribution >= 0.6 is 18.3 Å². The number of ether oxygens (including phenoxy) is 1. The molecule has 6 rings (SSSR count). The second kappa shape index (κ2) is 14.9. The van der Waals surface area contributed by atoms with Crippen LogP contribution in [0.4, 0.5) is 0 Å². The fourth-order valence-electron chi connectivity index (χ4n) is 6.28. The number of rotatable bonds is 14. The average Bonchev–Trinajstić information content (AvgIpc) is 3.77. The highest BCUT2D eigenvalue weighted by Crippen LogP contribution is 2.57. The van der Waals surface area contributed by atoms with Crippen molar-refractivity contribution in [1.82, 2.24) is 39.0 Å². The van der Waals surface area contributed by atoms with E-state index in [1.54, 1.807) is 10.9 Å². The smallest absolute Gasteiger partial charge is 0.327 e. The molecule has 0 aromatic carbocycles. The average molecular weight is 794 g/mol. The SMILES string of the molecule is C=C(O)[C@@H]1[C@@H](COP(=S)(OCCC#N)O[C@H]2C(O[Si](C)(C)C(C)(C)C)[C@H](n3cnc4c(=O)[nH]cnc43)O[C@@H]2CO)C[C@H]1n1cnc2c(Cl)ncnc21. The van der Waals surface area contributed by atoms with Crippen molar-refractivity contribution in [2.75, 3.05) is 19.8 Å². The minimum absolute atomic E-state index is 0.0142. The minimum atomic E-state index is -3.70. The van der Waals surface area contributed by atoms with Gasteiger partial charge in [0, 0.05) is 12.0 Å². The number of hydrogen-bond donors (Lipinski definition) is 3. The molecule has 17 nitrogen and oxygen atoms in total. The van der Waals surface area contributed by atoms with Crippen molar-refractivity contribution in [1.29, 1.82) is 5.26 Å². The van der Waals surface area contributed by atoms with Gasteiger partial charge in [-0.25, -0.2) is 24.9 Å². The van der Waals surface area contributed by atoms with Crippen LogP contribution in [0, 0.1) is 23.2 Å². The monoisotopic (exact) mass is 793 g/mol. The molecule has 0 bridgehead atoms. The van der Waals surface area contributed by atoms with Crippen molar-refractivity contribution in [2.24, 2.45) is 11.8 Å². The first-order chi connectivity index (χ1) is 24.6. The molecule has 0 amide bonds. The van der Waals surface area contributed by atoms with Gasteiger partial charge in [0.25, 0.3) is 5.56 Å². The summed E-state index contributed by atoms with van der Waals surface area (Å²) in [4.78, 5) is 36.3. The molecule has 0 spiro atoms. The Balaban J connectivity index is 1.29. The maximum atomic E-state index is 12.5. The number of nitriles is 1. The summed E-state index contributed by atoms with van der Waals surface area (Å²) in [6.07, 6.45) is 2.41. The van der Waals surface area contributed by atoms with E-state index in [9.17, 15) is 20.3 Å². The van der Waals surface area contributed by atoms with Crippen LogP contribution in [0.25, 0.3) is 22.3 Å². The highest BCUT2D eigenvalue weighted by molar-refractivity contribution is 8.07. The van der Waals surface area contributed by atoms with Gasteiger partial charge in [0.2, 0.25) is 0 Å². The number of hydrogen-bond acceptors (Lipinski definition) is 15. The lowest BCUT2D eigenvalue weighted by Crippen LogP contribution is -2.49. The van der Waals surface area contributed by atoms with Crippen molar-refractivity contribution in [3.05, 3.63) is 53.2 Å². The Morgan fingerprint density at radius 1 is 1.17 bits per heavy atom. The van der Waals surface area contributed by atoms with Crippen molar-refractivity contribution in [2.45, 2.75) is 82.3 Å². The van der Waals surface area contributed by atoms with Crippen LogP contribution in [0.5, 0.6) is 0 Å². The lowest BCUT2D eigenvalue weighted by Gasteiger charge is -2.45. The summed E-state index contributed by atoms with van der Waals surface area (Å²) in [6, 6.07) is 1.79. The summed E-state index contributed by atoms with van der Waals surface area (Å²) in [5.74, 6) is -0.774. The summed E-state index contributed by atoms with van der Waals surface area (Å²) < 4.78 is 35.7. The van der Waals surface area contributed by atoms with Crippen LogP contribution in [0.3, 0.4) is 0 Å². The molecule has 2 fully saturated rings. The highest BCUT2D eigenvalue weighted by Gasteiger charge is 2.54. The molecule has 2 unspecified atom stereocenters. The fourth-order valence-corrected chi connectivity index (χ4v) is 9.88. The first-order valence-electron chi connectivity index (χ1n) is 16.6. The molecular formula is C31H41ClN9O8PSSi. The van der Waals surface area contributed by atoms with E-state index in [2.05, 4.69) is 70.3 Å². The van der Waals surface area contributed by atoms with Gasteiger partial charge in [-0.15, -0.1) is 0 Å². The molecule has 3 N–H and O–H groups in total. The highest BCUT2D eigenvalue weighted by atomic mass is 35.5. The van der Waals surface area contributed by atoms with Crippen LogP contribution in [0.1, 0.15) is 45.9 Å². The van der Waals surface area contributed by atoms with E-state index < -0.39 is 57.7 Å². The zero-order valence-corrected chi connectivity index (χ0v) is 32.7. The van der Waals surface area contributed by atoms with E-state index in [0.717, 1.165) is 0 Å². The van der Waals surface area contributed by atoms with Gasteiger partial charge in [-0.05, 0) is 42.3 Å². The molecule has 1 aliphatic heterocycles. The molecule has 280 valence electrons. The van der Waals surface area contributed by atoms with Gasteiger partial charge >= 0.3 is 6.72 Å². The standard InChI is InChI=1S/C31H41ClN9O8PSSi/c1-17(43)21-18(10-19(21)40-15-38-22-26(32)34-13-35-27(22)40)12-46-50(51,45-9-7-8-33)48-24-20(11-42)47-30(25(24)49-52(5,6)31(2,3)4)41-16-39-23-28(41)36-14-37-29(23)44/h13-16,18-21,24-25,30,42-43H,1,7,9-12H2,2-6H3,(H,36,37,44)/t18-,19-,20-,21-,24-,25?,30-,50?/m1/s1. The number of H-pyrrole nitrogens is 1. The van der Waals surface area contributed by atoms with Crippen LogP contribution in [0.2, 0.25) is 23.3 Å². The summed E-state index contributed by atoms with van der Waals surface area (Å²) in [5.41, 5.74) is 0.897. The molecule has 52 heavy (non-hydrogen) atoms. The first-order valence-corrected chi connectivity index (χ1v) is 22.4. The Morgan fingerprint density at radius 2 is 1.88 bits per heavy atom. The second-order valence-electron chi connectivity index (χ2n) is 14.3. The Morgan fingerprint density at radius 3 is 2.58 bits per heavy atom. The molecule has 21 heteroatoms. The second-order valence-corrected chi connectivity index (χ2v) is 22.3. The number of nitrogens with zero attached hydrogens (tertiary/aromatic N) is 8. The van der Waals surface area contributed by atoms with E-state index in [0.29, 0.717) is 17.6 Å². The molecule has 8 atom stereocenters. The molecule has 0 radical (unpaired) electrons. The topological polar surface area (TPSA) is 218 Å². The number of imidazole rings is 2. The molecular weight excluding hydrogens is 753 g/mol. The fraction of sp³-hybridized carbons (Fsp3) is 0.581. The third kappa shape index (κ3) is 7.34. The molecule has 1 aliphatic carbocycles. The van der Waals surface area contributed by atoms with E-state index in [1.807, 2.05) is 10.6 Å². The van der Waals surface area contributed by atoms with Gasteiger partial charge < -0.3 is 38.0 Å². The number of allylic oxidation sites excluding steroid dienone is 1. The maximum absolute atomic E-state index is 12.5. The zero-order chi connectivity index (χ0) is 37.6. The summed E-state index contributed by atoms with van der Waals surface area (Å²) in [5, 5.41) is 30.6. The largest absolute Gasteiger partial charge is 0.513 e. The zero-order valence-electron chi connectivity index (χ0n) is 29.2. The van der Waals surface area contributed by atoms with Crippen molar-refractivity contribution >= 4 is 60.8 Å². The number of aromatic nitrogens is 8. The lowest BCUT2D eigenvalue weighted by molar-refractivity contribution is -0.0498. The van der Waals surface area contributed by atoms with Gasteiger partial charge in [0.1, 0.15) is 30.2 Å². The maximum Gasteiger partial charge on any atom is 0.327 e. The number of fused-ring (bicyclic) bond motifs is 2. The van der Waals surface area contributed by atoms with Crippen LogP contribution < -0.4 is 5.56 Å². The predicted molar refractivity (Wildman–Crippen MR) is 195 cm³/mol. The normalized spacial score (nSPS) is 26.3. The van der Waals surface area contributed by atoms with Gasteiger partial charge in [-0.3, -0.25) is 13.9 Å². The molecule has 4 aromatic heterocycles. The molecule has 5 heterocycles. The van der Waals surface area contributed by atoms with Crippen LogP contribution in [0.15, 0.2) is 42.4 Å². The summed E-state index contributed by atoms with van der Waals surface area (Å²) >= 11 is 12.2. The molecule has 1 saturated heterocycles. The molecule has 2 aliphatic rings. The van der Waals surface area contributed by atoms with Gasteiger partial charge in [-0.1, -0.05) is 39.0 Å². The van der Waals surface area contributed by atoms with E-state index in [-0.39, 0.29) is 58.7 Å². The Bertz CT molecular complexity index is 2100. The van der Waals surface area contributed by atoms with Crippen LogP contribution in [-0.4, -0.2) is 95.7 Å². The third-order valence-electron chi connectivity index (χ3n) is 10.0. The van der Waals surface area contributed by atoms with Crippen molar-refractivity contribution < 1.29 is 32.9 Å². The summed E-state index contributed by atoms with van der Waals surface area (Å²) in [6.45, 7) is 9.96. The number of aromatic amines is 1. The van der Waals surface area contributed by atoms with Gasteiger partial charge in [0.15, 0.2) is 36.5 Å². The van der Waals surface area contributed by atoms with E-state index in [4.69, 9.17) is 46.1 Å². The lowest BCUT2D eigenvalue weighted by atomic mass is 9.68. The predicted octanol–water partition coefficient (Wildman–Crippen LogP) is 4.70. The van der Waals surface area contributed by atoms with E-state index >= 15 is 0 Å². The van der Waals surface area contributed by atoms with Crippen molar-refractivity contribution in [3.63, 3.8) is 0 Å². The number of halogens is 1. The molecule has 1 saturated carbocycles. The Kier molecular flexibility index (Phi) is 11.1.